The molecule has 17 heavy (non-hydrogen) atoms. The number of para-hydroxylation sites is 2. The Hall–Kier alpha value is -2.00. The van der Waals surface area contributed by atoms with Gasteiger partial charge in [-0.1, -0.05) is 54.7 Å². The summed E-state index contributed by atoms with van der Waals surface area (Å²) in [6.07, 6.45) is 0. The zero-order valence-electron chi connectivity index (χ0n) is 9.05. The summed E-state index contributed by atoms with van der Waals surface area (Å²) >= 11 is 5.43. The molecule has 0 spiro atoms. The van der Waals surface area contributed by atoms with E-state index in [1.807, 2.05) is 54.6 Å². The lowest BCUT2D eigenvalue weighted by Crippen LogP contribution is -2.01. The minimum absolute atomic E-state index is 0.752. The molecule has 0 radical (unpaired) electrons. The third-order valence-electron chi connectivity index (χ3n) is 2.64. The molecule has 0 atom stereocenters. The fraction of sp³-hybridized carbons (Fsp3) is 0. The predicted molar refractivity (Wildman–Crippen MR) is 73.3 cm³/mol. The van der Waals surface area contributed by atoms with Crippen molar-refractivity contribution in [3.63, 3.8) is 0 Å². The summed E-state index contributed by atoms with van der Waals surface area (Å²) in [5.74, 6) is 0.757. The van der Waals surface area contributed by atoms with Gasteiger partial charge >= 0.3 is 0 Å². The first-order valence-electron chi connectivity index (χ1n) is 5.39. The number of imidazole rings is 1. The maximum atomic E-state index is 5.43. The topological polar surface area (TPSA) is 28.7 Å². The van der Waals surface area contributed by atoms with Gasteiger partial charge in [0.25, 0.3) is 0 Å². The SMILES string of the molecule is S=C(c1ccccc1)c1nc2ccccc2[nH]1. The van der Waals surface area contributed by atoms with Crippen LogP contribution in [-0.2, 0) is 0 Å². The Bertz CT molecular complexity index is 638. The van der Waals surface area contributed by atoms with Crippen LogP contribution < -0.4 is 0 Å². The Labute approximate surface area is 104 Å². The Kier molecular flexibility index (Phi) is 2.46. The van der Waals surface area contributed by atoms with Gasteiger partial charge in [-0.3, -0.25) is 0 Å². The highest BCUT2D eigenvalue weighted by molar-refractivity contribution is 7.81. The second-order valence-electron chi connectivity index (χ2n) is 3.80. The molecule has 0 aliphatic heterocycles. The average Bonchev–Trinajstić information content (AvgIpc) is 2.82. The summed E-state index contributed by atoms with van der Waals surface area (Å²) in [5, 5.41) is 0. The Morgan fingerprint density at radius 1 is 0.941 bits per heavy atom. The highest BCUT2D eigenvalue weighted by atomic mass is 32.1. The quantitative estimate of drug-likeness (QED) is 0.548. The lowest BCUT2D eigenvalue weighted by Gasteiger charge is -1.98. The lowest BCUT2D eigenvalue weighted by molar-refractivity contribution is 1.30. The van der Waals surface area contributed by atoms with Crippen LogP contribution in [0.1, 0.15) is 11.4 Å². The first-order valence-corrected chi connectivity index (χ1v) is 5.80. The molecule has 0 saturated carbocycles. The molecule has 1 aromatic heterocycles. The number of hydrogen-bond donors (Lipinski definition) is 1. The highest BCUT2D eigenvalue weighted by Gasteiger charge is 2.08. The summed E-state index contributed by atoms with van der Waals surface area (Å²) in [6, 6.07) is 17.8. The minimum Gasteiger partial charge on any atom is -0.337 e. The van der Waals surface area contributed by atoms with E-state index in [2.05, 4.69) is 9.97 Å². The molecule has 1 N–H and O–H groups in total. The van der Waals surface area contributed by atoms with E-state index in [-0.39, 0.29) is 0 Å². The Morgan fingerprint density at radius 2 is 1.65 bits per heavy atom. The Morgan fingerprint density at radius 3 is 2.41 bits per heavy atom. The molecule has 3 aromatic rings. The predicted octanol–water partition coefficient (Wildman–Crippen LogP) is 3.33. The van der Waals surface area contributed by atoms with Gasteiger partial charge in [0.1, 0.15) is 5.82 Å². The number of aromatic amines is 1. The van der Waals surface area contributed by atoms with Crippen molar-refractivity contribution in [2.45, 2.75) is 0 Å². The number of benzene rings is 2. The standard InChI is InChI=1S/C14H10N2S/c17-13(10-6-2-1-3-7-10)14-15-11-8-4-5-9-12(11)16-14/h1-9H,(H,15,16). The van der Waals surface area contributed by atoms with Crippen molar-refractivity contribution in [3.05, 3.63) is 66.0 Å². The van der Waals surface area contributed by atoms with Crippen LogP contribution in [0.5, 0.6) is 0 Å². The van der Waals surface area contributed by atoms with Crippen LogP contribution in [0.3, 0.4) is 0 Å². The number of nitrogens with zero attached hydrogens (tertiary/aromatic N) is 1. The van der Waals surface area contributed by atoms with Crippen molar-refractivity contribution < 1.29 is 0 Å². The summed E-state index contributed by atoms with van der Waals surface area (Å²) < 4.78 is 0. The molecule has 3 rings (SSSR count). The van der Waals surface area contributed by atoms with Crippen molar-refractivity contribution in [1.82, 2.24) is 9.97 Å². The van der Waals surface area contributed by atoms with Crippen LogP contribution in [0.15, 0.2) is 54.6 Å². The number of nitrogens with one attached hydrogen (secondary N) is 1. The first kappa shape index (κ1) is 10.2. The van der Waals surface area contributed by atoms with E-state index >= 15 is 0 Å². The van der Waals surface area contributed by atoms with Crippen LogP contribution >= 0.6 is 12.2 Å². The monoisotopic (exact) mass is 238 g/mol. The largest absolute Gasteiger partial charge is 0.337 e. The van der Waals surface area contributed by atoms with Crippen LogP contribution in [0, 0.1) is 0 Å². The maximum absolute atomic E-state index is 5.43. The molecule has 0 amide bonds. The van der Waals surface area contributed by atoms with E-state index in [1.165, 1.54) is 0 Å². The van der Waals surface area contributed by atoms with Crippen molar-refractivity contribution in [1.29, 1.82) is 0 Å². The number of thiocarbonyl (C=S) groups is 1. The van der Waals surface area contributed by atoms with E-state index < -0.39 is 0 Å². The molecule has 0 saturated heterocycles. The molecule has 3 heteroatoms. The molecule has 2 nitrogen and oxygen atoms in total. The van der Waals surface area contributed by atoms with Crippen molar-refractivity contribution in [3.8, 4) is 0 Å². The number of H-pyrrole nitrogens is 1. The number of rotatable bonds is 2. The highest BCUT2D eigenvalue weighted by Crippen LogP contribution is 2.14. The second-order valence-corrected chi connectivity index (χ2v) is 4.21. The van der Waals surface area contributed by atoms with Crippen molar-refractivity contribution in [2.75, 3.05) is 0 Å². The molecule has 0 fully saturated rings. The minimum atomic E-state index is 0.752. The van der Waals surface area contributed by atoms with Crippen LogP contribution in [0.4, 0.5) is 0 Å². The fourth-order valence-electron chi connectivity index (χ4n) is 1.79. The molecule has 0 unspecified atom stereocenters. The van der Waals surface area contributed by atoms with Gasteiger partial charge in [-0.2, -0.15) is 0 Å². The van der Waals surface area contributed by atoms with Crippen molar-refractivity contribution >= 4 is 28.1 Å². The smallest absolute Gasteiger partial charge is 0.150 e. The van der Waals surface area contributed by atoms with Gasteiger partial charge < -0.3 is 4.98 Å². The van der Waals surface area contributed by atoms with E-state index in [4.69, 9.17) is 12.2 Å². The van der Waals surface area contributed by atoms with Gasteiger partial charge in [0.05, 0.1) is 15.9 Å². The summed E-state index contributed by atoms with van der Waals surface area (Å²) in [5.41, 5.74) is 2.98. The lowest BCUT2D eigenvalue weighted by atomic mass is 10.1. The van der Waals surface area contributed by atoms with Gasteiger partial charge in [0.2, 0.25) is 0 Å². The summed E-state index contributed by atoms with van der Waals surface area (Å²) in [6.45, 7) is 0. The Balaban J connectivity index is 2.07. The van der Waals surface area contributed by atoms with Crippen molar-refractivity contribution in [2.24, 2.45) is 0 Å². The van der Waals surface area contributed by atoms with Crippen LogP contribution in [-0.4, -0.2) is 14.8 Å². The number of fused-ring (bicyclic) bond motifs is 1. The van der Waals surface area contributed by atoms with E-state index in [9.17, 15) is 0 Å². The molecule has 2 aromatic carbocycles. The second kappa shape index (κ2) is 4.11. The van der Waals surface area contributed by atoms with Gasteiger partial charge in [-0.25, -0.2) is 4.98 Å². The summed E-state index contributed by atoms with van der Waals surface area (Å²) in [7, 11) is 0. The van der Waals surface area contributed by atoms with Gasteiger partial charge in [0, 0.05) is 0 Å². The van der Waals surface area contributed by atoms with E-state index in [0.717, 1.165) is 27.3 Å². The molecular weight excluding hydrogens is 228 g/mol. The van der Waals surface area contributed by atoms with Crippen LogP contribution in [0.2, 0.25) is 0 Å². The third-order valence-corrected chi connectivity index (χ3v) is 3.07. The van der Waals surface area contributed by atoms with Gasteiger partial charge in [-0.05, 0) is 17.7 Å². The fourth-order valence-corrected chi connectivity index (χ4v) is 2.02. The zero-order chi connectivity index (χ0) is 11.7. The van der Waals surface area contributed by atoms with E-state index in [0.29, 0.717) is 0 Å². The summed E-state index contributed by atoms with van der Waals surface area (Å²) in [4.78, 5) is 8.49. The third kappa shape index (κ3) is 1.85. The van der Waals surface area contributed by atoms with Gasteiger partial charge in [-0.15, -0.1) is 0 Å². The molecule has 1 heterocycles. The average molecular weight is 238 g/mol. The molecule has 0 aliphatic carbocycles. The molecule has 0 bridgehead atoms. The number of hydrogen-bond acceptors (Lipinski definition) is 2. The van der Waals surface area contributed by atoms with Gasteiger partial charge in [0.15, 0.2) is 0 Å². The molecule has 82 valence electrons. The van der Waals surface area contributed by atoms with E-state index in [1.54, 1.807) is 0 Å². The van der Waals surface area contributed by atoms with Crippen LogP contribution in [0.25, 0.3) is 11.0 Å². The number of aromatic nitrogens is 2. The molecule has 0 aliphatic rings. The normalized spacial score (nSPS) is 10.6. The zero-order valence-corrected chi connectivity index (χ0v) is 9.87. The maximum Gasteiger partial charge on any atom is 0.150 e. The first-order chi connectivity index (χ1) is 8.34. The molecular formula is C14H10N2S.